The normalized spacial score (nSPS) is 17.4. The van der Waals surface area contributed by atoms with Crippen molar-refractivity contribution in [3.05, 3.63) is 35.9 Å². The molecule has 15 heavy (non-hydrogen) atoms. The highest BCUT2D eigenvalue weighted by molar-refractivity contribution is 5.22. The molecule has 0 bridgehead atoms. The zero-order chi connectivity index (χ0) is 10.7. The van der Waals surface area contributed by atoms with E-state index < -0.39 is 0 Å². The number of rotatable bonds is 1. The minimum Gasteiger partial charge on any atom is -0.240 e. The lowest BCUT2D eigenvalue weighted by Crippen LogP contribution is -2.09. The van der Waals surface area contributed by atoms with Crippen LogP contribution in [-0.2, 0) is 0 Å². The lowest BCUT2D eigenvalue weighted by molar-refractivity contribution is 0.495. The maximum Gasteiger partial charge on any atom is 0.131 e. The molecule has 0 N–H and O–H groups in total. The zero-order valence-corrected chi connectivity index (χ0v) is 8.61. The highest BCUT2D eigenvalue weighted by Gasteiger charge is 2.19. The van der Waals surface area contributed by atoms with Gasteiger partial charge in [0.25, 0.3) is 0 Å². The summed E-state index contributed by atoms with van der Waals surface area (Å²) in [5.41, 5.74) is 1.86. The molecule has 0 amide bonds. The van der Waals surface area contributed by atoms with Gasteiger partial charge in [-0.05, 0) is 25.7 Å². The fraction of sp³-hybridized carbons (Fsp3) is 0.417. The van der Waals surface area contributed by atoms with Crippen molar-refractivity contribution in [1.29, 1.82) is 5.26 Å². The molecule has 1 aliphatic carbocycles. The van der Waals surface area contributed by atoms with E-state index in [0.717, 1.165) is 31.5 Å². The Morgan fingerprint density at radius 1 is 1.27 bits per heavy atom. The fourth-order valence-electron chi connectivity index (χ4n) is 1.89. The topological polar surface area (TPSA) is 49.6 Å². The summed E-state index contributed by atoms with van der Waals surface area (Å²) in [6.45, 7) is 3.99. The van der Waals surface area contributed by atoms with Crippen LogP contribution in [0.1, 0.15) is 43.0 Å². The van der Waals surface area contributed by atoms with Crippen LogP contribution in [0.2, 0.25) is 0 Å². The first-order valence-corrected chi connectivity index (χ1v) is 5.18. The van der Waals surface area contributed by atoms with Gasteiger partial charge in [0, 0.05) is 18.3 Å². The van der Waals surface area contributed by atoms with E-state index in [2.05, 4.69) is 16.5 Å². The molecule has 0 saturated heterocycles. The van der Waals surface area contributed by atoms with Gasteiger partial charge in [-0.2, -0.15) is 5.26 Å². The van der Waals surface area contributed by atoms with Gasteiger partial charge in [0.1, 0.15) is 11.9 Å². The van der Waals surface area contributed by atoms with Crippen molar-refractivity contribution < 1.29 is 0 Å². The molecule has 0 spiro atoms. The summed E-state index contributed by atoms with van der Waals surface area (Å²) in [6, 6.07) is 2.03. The molecule has 1 saturated carbocycles. The number of nitrogens with zero attached hydrogens (tertiary/aromatic N) is 3. The number of allylic oxidation sites excluding steroid dienone is 1. The third-order valence-electron chi connectivity index (χ3n) is 2.86. The third-order valence-corrected chi connectivity index (χ3v) is 2.86. The van der Waals surface area contributed by atoms with Crippen molar-refractivity contribution in [2.24, 2.45) is 0 Å². The van der Waals surface area contributed by atoms with E-state index in [9.17, 15) is 0 Å². The number of aromatic nitrogens is 2. The number of hydrogen-bond donors (Lipinski definition) is 0. The second-order valence-corrected chi connectivity index (χ2v) is 3.97. The molecule has 0 aromatic carbocycles. The van der Waals surface area contributed by atoms with Crippen molar-refractivity contribution in [3.8, 4) is 6.07 Å². The molecule has 1 heterocycles. The minimum absolute atomic E-state index is 0.447. The van der Waals surface area contributed by atoms with Crippen LogP contribution in [0.5, 0.6) is 0 Å². The van der Waals surface area contributed by atoms with Gasteiger partial charge in [0.05, 0.1) is 5.56 Å². The van der Waals surface area contributed by atoms with Crippen LogP contribution in [0, 0.1) is 11.3 Å². The smallest absolute Gasteiger partial charge is 0.131 e. The van der Waals surface area contributed by atoms with Gasteiger partial charge in [-0.25, -0.2) is 9.97 Å². The van der Waals surface area contributed by atoms with Crippen LogP contribution in [0.4, 0.5) is 0 Å². The summed E-state index contributed by atoms with van der Waals surface area (Å²) in [6.07, 6.45) is 7.54. The molecule has 1 aromatic heterocycles. The quantitative estimate of drug-likeness (QED) is 0.653. The van der Waals surface area contributed by atoms with E-state index in [1.54, 1.807) is 12.4 Å². The molecule has 3 heteroatoms. The Balaban J connectivity index is 2.10. The van der Waals surface area contributed by atoms with Crippen LogP contribution in [0.15, 0.2) is 24.5 Å². The van der Waals surface area contributed by atoms with E-state index in [-0.39, 0.29) is 0 Å². The number of nitriles is 1. The van der Waals surface area contributed by atoms with Crippen molar-refractivity contribution >= 4 is 0 Å². The molecular formula is C12H13N3. The molecule has 0 unspecified atom stereocenters. The Hall–Kier alpha value is -1.69. The molecule has 0 aliphatic heterocycles. The first kappa shape index (κ1) is 9.85. The van der Waals surface area contributed by atoms with Gasteiger partial charge >= 0.3 is 0 Å². The summed E-state index contributed by atoms with van der Waals surface area (Å²) in [4.78, 5) is 8.47. The summed E-state index contributed by atoms with van der Waals surface area (Å²) in [5.74, 6) is 1.32. The van der Waals surface area contributed by atoms with Gasteiger partial charge in [-0.3, -0.25) is 0 Å². The maximum absolute atomic E-state index is 8.63. The molecule has 3 nitrogen and oxygen atoms in total. The van der Waals surface area contributed by atoms with E-state index in [1.807, 2.05) is 6.07 Å². The van der Waals surface area contributed by atoms with Crippen molar-refractivity contribution in [3.63, 3.8) is 0 Å². The lowest BCUT2D eigenvalue weighted by Gasteiger charge is -2.21. The largest absolute Gasteiger partial charge is 0.240 e. The molecule has 2 rings (SSSR count). The van der Waals surface area contributed by atoms with E-state index in [4.69, 9.17) is 5.26 Å². The van der Waals surface area contributed by atoms with E-state index in [1.165, 1.54) is 5.57 Å². The Morgan fingerprint density at radius 3 is 2.40 bits per heavy atom. The monoisotopic (exact) mass is 199 g/mol. The maximum atomic E-state index is 8.63. The predicted octanol–water partition coefficient (Wildman–Crippen LogP) is 2.56. The van der Waals surface area contributed by atoms with Crippen molar-refractivity contribution in [2.75, 3.05) is 0 Å². The van der Waals surface area contributed by atoms with Crippen LogP contribution >= 0.6 is 0 Å². The van der Waals surface area contributed by atoms with Crippen LogP contribution in [0.25, 0.3) is 0 Å². The average molecular weight is 199 g/mol. The van der Waals surface area contributed by atoms with Gasteiger partial charge in [0.2, 0.25) is 0 Å². The van der Waals surface area contributed by atoms with Crippen LogP contribution < -0.4 is 0 Å². The zero-order valence-electron chi connectivity index (χ0n) is 8.61. The fourth-order valence-corrected chi connectivity index (χ4v) is 1.89. The average Bonchev–Trinajstić information content (AvgIpc) is 2.30. The van der Waals surface area contributed by atoms with Crippen LogP contribution in [0.3, 0.4) is 0 Å². The summed E-state index contributed by atoms with van der Waals surface area (Å²) in [7, 11) is 0. The molecule has 1 aliphatic rings. The van der Waals surface area contributed by atoms with E-state index >= 15 is 0 Å². The molecule has 1 fully saturated rings. The number of hydrogen-bond acceptors (Lipinski definition) is 3. The minimum atomic E-state index is 0.447. The Morgan fingerprint density at radius 2 is 1.87 bits per heavy atom. The second kappa shape index (κ2) is 4.22. The Labute approximate surface area is 89.5 Å². The summed E-state index contributed by atoms with van der Waals surface area (Å²) in [5, 5.41) is 8.63. The lowest BCUT2D eigenvalue weighted by atomic mass is 9.86. The third kappa shape index (κ3) is 2.21. The molecular weight excluding hydrogens is 186 g/mol. The SMILES string of the molecule is C=C1CCC(c2ncc(C#N)cn2)CC1. The van der Waals surface area contributed by atoms with Gasteiger partial charge < -0.3 is 0 Å². The summed E-state index contributed by atoms with van der Waals surface area (Å²) >= 11 is 0. The van der Waals surface area contributed by atoms with Gasteiger partial charge in [-0.1, -0.05) is 12.2 Å². The van der Waals surface area contributed by atoms with Crippen molar-refractivity contribution in [2.45, 2.75) is 31.6 Å². The summed E-state index contributed by atoms with van der Waals surface area (Å²) < 4.78 is 0. The first-order valence-electron chi connectivity index (χ1n) is 5.18. The standard InChI is InChI=1S/C12H13N3/c1-9-2-4-11(5-3-9)12-14-7-10(6-13)8-15-12/h7-8,11H,1-5H2. The van der Waals surface area contributed by atoms with Crippen molar-refractivity contribution in [1.82, 2.24) is 9.97 Å². The highest BCUT2D eigenvalue weighted by atomic mass is 14.9. The molecule has 76 valence electrons. The second-order valence-electron chi connectivity index (χ2n) is 3.97. The molecule has 1 aromatic rings. The van der Waals surface area contributed by atoms with Gasteiger partial charge in [-0.15, -0.1) is 0 Å². The highest BCUT2D eigenvalue weighted by Crippen LogP contribution is 2.32. The van der Waals surface area contributed by atoms with Crippen LogP contribution in [-0.4, -0.2) is 9.97 Å². The molecule has 0 atom stereocenters. The Kier molecular flexibility index (Phi) is 2.77. The van der Waals surface area contributed by atoms with Gasteiger partial charge in [0.15, 0.2) is 0 Å². The molecule has 0 radical (unpaired) electrons. The Bertz CT molecular complexity index is 390. The predicted molar refractivity (Wildman–Crippen MR) is 57.1 cm³/mol. The first-order chi connectivity index (χ1) is 7.29. The van der Waals surface area contributed by atoms with E-state index in [0.29, 0.717) is 11.5 Å².